The first-order valence-corrected chi connectivity index (χ1v) is 9.22. The molecule has 6 heteroatoms. The normalized spacial score (nSPS) is 11.1. The van der Waals surface area contributed by atoms with E-state index in [1.165, 1.54) is 0 Å². The van der Waals surface area contributed by atoms with Crippen LogP contribution < -0.4 is 5.43 Å². The molecule has 2 aromatic carbocycles. The molecule has 0 aliphatic carbocycles. The molecule has 0 bridgehead atoms. The Kier molecular flexibility index (Phi) is 5.07. The maximum Gasteiger partial charge on any atom is 0.271 e. The van der Waals surface area contributed by atoms with E-state index in [1.807, 2.05) is 74.6 Å². The minimum atomic E-state index is -0.271. The molecule has 4 rings (SSSR count). The molecule has 6 nitrogen and oxygen atoms in total. The molecular formula is C23H20N4O2. The summed E-state index contributed by atoms with van der Waals surface area (Å²) in [4.78, 5) is 12.3. The monoisotopic (exact) mass is 384 g/mol. The van der Waals surface area contributed by atoms with Crippen molar-refractivity contribution in [2.75, 3.05) is 0 Å². The van der Waals surface area contributed by atoms with Crippen LogP contribution in [0, 0.1) is 13.8 Å². The number of carbonyl (C=O) groups is 1. The van der Waals surface area contributed by atoms with E-state index in [0.29, 0.717) is 17.0 Å². The summed E-state index contributed by atoms with van der Waals surface area (Å²) in [6, 6.07) is 20.8. The first-order chi connectivity index (χ1) is 14.1. The third-order valence-corrected chi connectivity index (χ3v) is 4.42. The number of hydrogen-bond acceptors (Lipinski definition) is 4. The summed E-state index contributed by atoms with van der Waals surface area (Å²) in [7, 11) is 0. The van der Waals surface area contributed by atoms with E-state index < -0.39 is 0 Å². The van der Waals surface area contributed by atoms with Crippen molar-refractivity contribution in [1.82, 2.24) is 15.2 Å². The molecule has 4 aromatic rings. The molecule has 1 amide bonds. The summed E-state index contributed by atoms with van der Waals surface area (Å²) in [5.74, 6) is 1.17. The molecule has 29 heavy (non-hydrogen) atoms. The highest BCUT2D eigenvalue weighted by Gasteiger charge is 2.14. The lowest BCUT2D eigenvalue weighted by Gasteiger charge is -2.00. The summed E-state index contributed by atoms with van der Waals surface area (Å²) in [6.07, 6.45) is 3.43. The number of para-hydroxylation sites is 1. The number of hydrazone groups is 1. The van der Waals surface area contributed by atoms with Crippen LogP contribution in [0.3, 0.4) is 0 Å². The Hall–Kier alpha value is -3.93. The van der Waals surface area contributed by atoms with Crippen molar-refractivity contribution in [3.05, 3.63) is 95.4 Å². The number of furan rings is 1. The van der Waals surface area contributed by atoms with E-state index in [4.69, 9.17) is 4.42 Å². The molecule has 0 spiro atoms. The van der Waals surface area contributed by atoms with Crippen molar-refractivity contribution < 1.29 is 9.21 Å². The molecule has 2 aromatic heterocycles. The number of carbonyl (C=O) groups excluding carboxylic acids is 1. The van der Waals surface area contributed by atoms with Crippen LogP contribution in [0.2, 0.25) is 0 Å². The van der Waals surface area contributed by atoms with Gasteiger partial charge in [-0.05, 0) is 50.2 Å². The van der Waals surface area contributed by atoms with E-state index in [1.54, 1.807) is 23.0 Å². The van der Waals surface area contributed by atoms with E-state index in [9.17, 15) is 4.79 Å². The van der Waals surface area contributed by atoms with Gasteiger partial charge in [0.25, 0.3) is 5.91 Å². The van der Waals surface area contributed by atoms with Gasteiger partial charge in [0.15, 0.2) is 5.76 Å². The zero-order valence-electron chi connectivity index (χ0n) is 16.2. The Morgan fingerprint density at radius 3 is 2.48 bits per heavy atom. The van der Waals surface area contributed by atoms with Gasteiger partial charge in [0.2, 0.25) is 0 Å². The number of amides is 1. The maximum absolute atomic E-state index is 12.3. The first kappa shape index (κ1) is 18.4. The summed E-state index contributed by atoms with van der Waals surface area (Å²) < 4.78 is 7.50. The molecule has 0 aliphatic heterocycles. The fourth-order valence-corrected chi connectivity index (χ4v) is 2.88. The van der Waals surface area contributed by atoms with Gasteiger partial charge in [-0.3, -0.25) is 4.79 Å². The van der Waals surface area contributed by atoms with Crippen LogP contribution >= 0.6 is 0 Å². The lowest BCUT2D eigenvalue weighted by Crippen LogP contribution is -2.17. The van der Waals surface area contributed by atoms with E-state index in [-0.39, 0.29) is 5.91 Å². The summed E-state index contributed by atoms with van der Waals surface area (Å²) in [6.45, 7) is 3.86. The molecule has 0 saturated heterocycles. The van der Waals surface area contributed by atoms with Gasteiger partial charge in [0.1, 0.15) is 11.5 Å². The Morgan fingerprint density at radius 2 is 1.79 bits per heavy atom. The smallest absolute Gasteiger partial charge is 0.271 e. The highest BCUT2D eigenvalue weighted by Crippen LogP contribution is 2.24. The average Bonchev–Trinajstić information content (AvgIpc) is 3.35. The van der Waals surface area contributed by atoms with E-state index in [2.05, 4.69) is 15.6 Å². The van der Waals surface area contributed by atoms with Crippen molar-refractivity contribution in [2.24, 2.45) is 5.10 Å². The van der Waals surface area contributed by atoms with Crippen molar-refractivity contribution in [2.45, 2.75) is 13.8 Å². The first-order valence-electron chi connectivity index (χ1n) is 9.22. The van der Waals surface area contributed by atoms with Crippen molar-refractivity contribution in [3.63, 3.8) is 0 Å². The van der Waals surface area contributed by atoms with Crippen LogP contribution in [0.4, 0.5) is 0 Å². The number of aryl methyl sites for hydroxylation is 2. The maximum atomic E-state index is 12.3. The van der Waals surface area contributed by atoms with Crippen LogP contribution in [0.5, 0.6) is 0 Å². The zero-order valence-corrected chi connectivity index (χ0v) is 16.2. The largest absolute Gasteiger partial charge is 0.460 e. The molecule has 0 fully saturated rings. The minimum Gasteiger partial charge on any atom is -0.460 e. The number of rotatable bonds is 5. The van der Waals surface area contributed by atoms with Crippen molar-refractivity contribution >= 4 is 12.1 Å². The Balaban J connectivity index is 1.61. The number of nitrogens with one attached hydrogen (secondary N) is 1. The Bertz CT molecular complexity index is 1160. The molecular weight excluding hydrogens is 364 g/mol. The van der Waals surface area contributed by atoms with Crippen molar-refractivity contribution in [3.8, 4) is 17.1 Å². The average molecular weight is 384 g/mol. The second kappa shape index (κ2) is 7.98. The topological polar surface area (TPSA) is 72.4 Å². The highest BCUT2D eigenvalue weighted by atomic mass is 16.3. The van der Waals surface area contributed by atoms with Crippen molar-refractivity contribution in [1.29, 1.82) is 0 Å². The van der Waals surface area contributed by atoms with Gasteiger partial charge in [-0.15, -0.1) is 0 Å². The highest BCUT2D eigenvalue weighted by molar-refractivity contribution is 5.95. The number of benzene rings is 2. The second-order valence-electron chi connectivity index (χ2n) is 6.69. The number of aromatic nitrogens is 2. The van der Waals surface area contributed by atoms with Gasteiger partial charge in [0.05, 0.1) is 11.9 Å². The third kappa shape index (κ3) is 4.16. The fourth-order valence-electron chi connectivity index (χ4n) is 2.88. The molecule has 1 N–H and O–H groups in total. The van der Waals surface area contributed by atoms with Crippen LogP contribution in [-0.2, 0) is 0 Å². The van der Waals surface area contributed by atoms with Gasteiger partial charge in [-0.25, -0.2) is 10.1 Å². The third-order valence-electron chi connectivity index (χ3n) is 4.42. The SMILES string of the molecule is Cc1ccc(C(=O)N/N=C\c2cn(-c3ccccc3)nc2-c2ccc(C)o2)cc1. The summed E-state index contributed by atoms with van der Waals surface area (Å²) in [5, 5.41) is 8.77. The minimum absolute atomic E-state index is 0.271. The van der Waals surface area contributed by atoms with Crippen LogP contribution in [-0.4, -0.2) is 21.9 Å². The molecule has 0 aliphatic rings. The molecule has 0 radical (unpaired) electrons. The van der Waals surface area contributed by atoms with E-state index in [0.717, 1.165) is 22.6 Å². The lowest BCUT2D eigenvalue weighted by molar-refractivity contribution is 0.0955. The second-order valence-corrected chi connectivity index (χ2v) is 6.69. The van der Waals surface area contributed by atoms with Gasteiger partial charge < -0.3 is 4.42 Å². The van der Waals surface area contributed by atoms with Crippen LogP contribution in [0.1, 0.15) is 27.2 Å². The standard InChI is InChI=1S/C23H20N4O2/c1-16-8-11-18(12-9-16)23(28)25-24-14-19-15-27(20-6-4-3-5-7-20)26-22(19)21-13-10-17(2)29-21/h3-15H,1-2H3,(H,25,28)/b24-14-. The quantitative estimate of drug-likeness (QED) is 0.406. The molecule has 2 heterocycles. The predicted octanol–water partition coefficient (Wildman–Crippen LogP) is 4.51. The van der Waals surface area contributed by atoms with Crippen LogP contribution in [0.25, 0.3) is 17.1 Å². The van der Waals surface area contributed by atoms with Gasteiger partial charge >= 0.3 is 0 Å². The van der Waals surface area contributed by atoms with Gasteiger partial charge in [-0.1, -0.05) is 35.9 Å². The number of hydrogen-bond donors (Lipinski definition) is 1. The Morgan fingerprint density at radius 1 is 1.03 bits per heavy atom. The van der Waals surface area contributed by atoms with E-state index >= 15 is 0 Å². The fraction of sp³-hybridized carbons (Fsp3) is 0.0870. The van der Waals surface area contributed by atoms with Crippen LogP contribution in [0.15, 0.2) is 82.4 Å². The lowest BCUT2D eigenvalue weighted by atomic mass is 10.1. The van der Waals surface area contributed by atoms with Gasteiger partial charge in [-0.2, -0.15) is 10.2 Å². The molecule has 0 unspecified atom stereocenters. The number of nitrogens with zero attached hydrogens (tertiary/aromatic N) is 3. The zero-order chi connectivity index (χ0) is 20.2. The van der Waals surface area contributed by atoms with Gasteiger partial charge in [0, 0.05) is 17.3 Å². The Labute approximate surface area is 168 Å². The molecule has 0 atom stereocenters. The summed E-state index contributed by atoms with van der Waals surface area (Å²) >= 11 is 0. The summed E-state index contributed by atoms with van der Waals surface area (Å²) in [5.41, 5.74) is 6.50. The predicted molar refractivity (Wildman–Crippen MR) is 112 cm³/mol. The molecule has 0 saturated carbocycles. The molecule has 144 valence electrons.